The van der Waals surface area contributed by atoms with Crippen LogP contribution in [0.5, 0.6) is 17.4 Å². The van der Waals surface area contributed by atoms with E-state index >= 15 is 0 Å². The lowest BCUT2D eigenvalue weighted by molar-refractivity contribution is 0.326. The molecule has 0 amide bonds. The van der Waals surface area contributed by atoms with Gasteiger partial charge in [-0.15, -0.1) is 0 Å². The Morgan fingerprint density at radius 2 is 1.95 bits per heavy atom. The van der Waals surface area contributed by atoms with Crippen LogP contribution in [0.1, 0.15) is 12.5 Å². The summed E-state index contributed by atoms with van der Waals surface area (Å²) in [5.74, 6) is 2.78. The standard InChI is InChI=1S/C15H19N3O3/c1-4-21-15-8-14(17-10-18-15)16-9-11-5-6-12(19-2)7-13(11)20-3/h5-8,10H,4,9H2,1-3H3,(H,16,17,18). The van der Waals surface area contributed by atoms with Crippen molar-refractivity contribution in [3.63, 3.8) is 0 Å². The van der Waals surface area contributed by atoms with Crippen molar-refractivity contribution in [2.24, 2.45) is 0 Å². The quantitative estimate of drug-likeness (QED) is 0.845. The van der Waals surface area contributed by atoms with Gasteiger partial charge in [-0.25, -0.2) is 9.97 Å². The van der Waals surface area contributed by atoms with E-state index in [1.807, 2.05) is 25.1 Å². The van der Waals surface area contributed by atoms with Crippen molar-refractivity contribution in [2.75, 3.05) is 26.1 Å². The molecule has 6 nitrogen and oxygen atoms in total. The van der Waals surface area contributed by atoms with Gasteiger partial charge in [0.15, 0.2) is 0 Å². The van der Waals surface area contributed by atoms with Crippen molar-refractivity contribution >= 4 is 5.82 Å². The van der Waals surface area contributed by atoms with E-state index in [0.717, 1.165) is 17.1 Å². The van der Waals surface area contributed by atoms with Crippen LogP contribution in [0, 0.1) is 0 Å². The highest BCUT2D eigenvalue weighted by atomic mass is 16.5. The Kier molecular flexibility index (Phi) is 5.20. The van der Waals surface area contributed by atoms with Crippen molar-refractivity contribution in [1.29, 1.82) is 0 Å². The molecule has 2 aromatic rings. The van der Waals surface area contributed by atoms with Gasteiger partial charge in [-0.05, 0) is 19.1 Å². The van der Waals surface area contributed by atoms with Crippen LogP contribution < -0.4 is 19.5 Å². The van der Waals surface area contributed by atoms with Crippen LogP contribution in [0.4, 0.5) is 5.82 Å². The summed E-state index contributed by atoms with van der Waals surface area (Å²) in [5, 5.41) is 3.22. The topological polar surface area (TPSA) is 65.5 Å². The van der Waals surface area contributed by atoms with Gasteiger partial charge in [0, 0.05) is 24.2 Å². The number of benzene rings is 1. The third kappa shape index (κ3) is 3.98. The average molecular weight is 289 g/mol. The van der Waals surface area contributed by atoms with E-state index in [1.54, 1.807) is 20.3 Å². The zero-order valence-corrected chi connectivity index (χ0v) is 12.4. The van der Waals surface area contributed by atoms with Crippen LogP contribution >= 0.6 is 0 Å². The number of aromatic nitrogens is 2. The van der Waals surface area contributed by atoms with Crippen molar-refractivity contribution in [3.8, 4) is 17.4 Å². The summed E-state index contributed by atoms with van der Waals surface area (Å²) in [6.45, 7) is 3.07. The first-order valence-corrected chi connectivity index (χ1v) is 6.66. The van der Waals surface area contributed by atoms with Gasteiger partial charge in [-0.1, -0.05) is 0 Å². The molecular formula is C15H19N3O3. The zero-order valence-electron chi connectivity index (χ0n) is 12.4. The summed E-state index contributed by atoms with van der Waals surface area (Å²) in [6, 6.07) is 7.46. The van der Waals surface area contributed by atoms with Gasteiger partial charge in [-0.2, -0.15) is 0 Å². The van der Waals surface area contributed by atoms with Crippen molar-refractivity contribution in [2.45, 2.75) is 13.5 Å². The molecule has 21 heavy (non-hydrogen) atoms. The molecular weight excluding hydrogens is 270 g/mol. The Morgan fingerprint density at radius 1 is 1.10 bits per heavy atom. The van der Waals surface area contributed by atoms with Gasteiger partial charge in [0.1, 0.15) is 23.6 Å². The Balaban J connectivity index is 2.07. The molecule has 0 aliphatic rings. The normalized spacial score (nSPS) is 10.0. The third-order valence-corrected chi connectivity index (χ3v) is 2.89. The minimum absolute atomic E-state index is 0.552. The number of anilines is 1. The van der Waals surface area contributed by atoms with Crippen LogP contribution in [-0.4, -0.2) is 30.8 Å². The summed E-state index contributed by atoms with van der Waals surface area (Å²) < 4.78 is 15.9. The minimum atomic E-state index is 0.552. The van der Waals surface area contributed by atoms with Crippen LogP contribution in [0.3, 0.4) is 0 Å². The fourth-order valence-corrected chi connectivity index (χ4v) is 1.85. The number of hydrogen-bond donors (Lipinski definition) is 1. The van der Waals surface area contributed by atoms with E-state index in [9.17, 15) is 0 Å². The SMILES string of the molecule is CCOc1cc(NCc2ccc(OC)cc2OC)ncn1. The highest BCUT2D eigenvalue weighted by Gasteiger charge is 2.06. The maximum atomic E-state index is 5.36. The summed E-state index contributed by atoms with van der Waals surface area (Å²) >= 11 is 0. The van der Waals surface area contributed by atoms with E-state index < -0.39 is 0 Å². The molecule has 0 saturated heterocycles. The summed E-state index contributed by atoms with van der Waals surface area (Å²) in [6.07, 6.45) is 1.47. The Bertz CT molecular complexity index is 590. The molecule has 0 bridgehead atoms. The number of hydrogen-bond acceptors (Lipinski definition) is 6. The van der Waals surface area contributed by atoms with E-state index in [0.29, 0.717) is 24.8 Å². The van der Waals surface area contributed by atoms with Gasteiger partial charge in [0.2, 0.25) is 5.88 Å². The van der Waals surface area contributed by atoms with E-state index in [-0.39, 0.29) is 0 Å². The second-order valence-electron chi connectivity index (χ2n) is 4.21. The summed E-state index contributed by atoms with van der Waals surface area (Å²) in [4.78, 5) is 8.18. The predicted molar refractivity (Wildman–Crippen MR) is 80.1 cm³/mol. The predicted octanol–water partition coefficient (Wildman–Crippen LogP) is 2.50. The van der Waals surface area contributed by atoms with Crippen LogP contribution in [-0.2, 0) is 6.54 Å². The first-order valence-electron chi connectivity index (χ1n) is 6.66. The molecule has 1 aromatic carbocycles. The minimum Gasteiger partial charge on any atom is -0.497 e. The van der Waals surface area contributed by atoms with Gasteiger partial charge < -0.3 is 19.5 Å². The molecule has 2 rings (SSSR count). The Morgan fingerprint density at radius 3 is 2.67 bits per heavy atom. The van der Waals surface area contributed by atoms with E-state index in [2.05, 4.69) is 15.3 Å². The van der Waals surface area contributed by atoms with Gasteiger partial charge in [0.05, 0.1) is 20.8 Å². The maximum absolute atomic E-state index is 5.36. The van der Waals surface area contributed by atoms with Gasteiger partial charge in [0.25, 0.3) is 0 Å². The van der Waals surface area contributed by atoms with Gasteiger partial charge in [-0.3, -0.25) is 0 Å². The van der Waals surface area contributed by atoms with Gasteiger partial charge >= 0.3 is 0 Å². The molecule has 112 valence electrons. The first-order chi connectivity index (χ1) is 10.3. The zero-order chi connectivity index (χ0) is 15.1. The highest BCUT2D eigenvalue weighted by molar-refractivity contribution is 5.44. The highest BCUT2D eigenvalue weighted by Crippen LogP contribution is 2.25. The lowest BCUT2D eigenvalue weighted by Gasteiger charge is -2.12. The molecule has 1 aromatic heterocycles. The number of methoxy groups -OCH3 is 2. The molecule has 6 heteroatoms. The number of ether oxygens (including phenoxy) is 3. The monoisotopic (exact) mass is 289 g/mol. The second kappa shape index (κ2) is 7.33. The Labute approximate surface area is 124 Å². The number of rotatable bonds is 7. The molecule has 0 aliphatic heterocycles. The molecule has 0 unspecified atom stereocenters. The molecule has 0 radical (unpaired) electrons. The fourth-order valence-electron chi connectivity index (χ4n) is 1.85. The number of nitrogens with one attached hydrogen (secondary N) is 1. The van der Waals surface area contributed by atoms with Crippen LogP contribution in [0.2, 0.25) is 0 Å². The van der Waals surface area contributed by atoms with Crippen LogP contribution in [0.15, 0.2) is 30.6 Å². The summed E-state index contributed by atoms with van der Waals surface area (Å²) in [7, 11) is 3.26. The Hall–Kier alpha value is -2.50. The van der Waals surface area contributed by atoms with E-state index in [1.165, 1.54) is 6.33 Å². The lowest BCUT2D eigenvalue weighted by Crippen LogP contribution is -2.04. The molecule has 0 atom stereocenters. The van der Waals surface area contributed by atoms with Crippen LogP contribution in [0.25, 0.3) is 0 Å². The first kappa shape index (κ1) is 14.9. The average Bonchev–Trinajstić information content (AvgIpc) is 2.53. The maximum Gasteiger partial charge on any atom is 0.218 e. The fraction of sp³-hybridized carbons (Fsp3) is 0.333. The third-order valence-electron chi connectivity index (χ3n) is 2.89. The molecule has 0 fully saturated rings. The summed E-state index contributed by atoms with van der Waals surface area (Å²) in [5.41, 5.74) is 1.01. The largest absolute Gasteiger partial charge is 0.497 e. The molecule has 0 spiro atoms. The molecule has 1 heterocycles. The van der Waals surface area contributed by atoms with Crippen molar-refractivity contribution in [3.05, 3.63) is 36.2 Å². The molecule has 0 aliphatic carbocycles. The van der Waals surface area contributed by atoms with E-state index in [4.69, 9.17) is 14.2 Å². The second-order valence-corrected chi connectivity index (χ2v) is 4.21. The van der Waals surface area contributed by atoms with Crippen molar-refractivity contribution < 1.29 is 14.2 Å². The number of nitrogens with zero attached hydrogens (tertiary/aromatic N) is 2. The molecule has 1 N–H and O–H groups in total. The van der Waals surface area contributed by atoms with Crippen molar-refractivity contribution in [1.82, 2.24) is 9.97 Å². The lowest BCUT2D eigenvalue weighted by atomic mass is 10.2. The molecule has 0 saturated carbocycles. The smallest absolute Gasteiger partial charge is 0.218 e.